The smallest absolute Gasteiger partial charge is 0.264 e. The molecule has 0 bridgehead atoms. The first-order valence-corrected chi connectivity index (χ1v) is 11.2. The van der Waals surface area contributed by atoms with Crippen LogP contribution in [0.5, 0.6) is 5.75 Å². The third kappa shape index (κ3) is 4.99. The normalized spacial score (nSPS) is 16.9. The van der Waals surface area contributed by atoms with E-state index in [1.807, 2.05) is 18.2 Å². The molecule has 2 aromatic rings. The zero-order valence-electron chi connectivity index (χ0n) is 18.4. The van der Waals surface area contributed by atoms with Gasteiger partial charge in [-0.25, -0.2) is 0 Å². The van der Waals surface area contributed by atoms with Gasteiger partial charge in [0.1, 0.15) is 5.75 Å². The van der Waals surface area contributed by atoms with Gasteiger partial charge in [-0.2, -0.15) is 0 Å². The van der Waals surface area contributed by atoms with Crippen molar-refractivity contribution in [1.82, 2.24) is 10.2 Å². The van der Waals surface area contributed by atoms with Crippen LogP contribution in [0.1, 0.15) is 47.6 Å². The molecule has 2 aliphatic rings. The molecular weight excluding hydrogens is 406 g/mol. The van der Waals surface area contributed by atoms with Crippen LogP contribution in [0, 0.1) is 0 Å². The van der Waals surface area contributed by atoms with Crippen LogP contribution in [-0.2, 0) is 9.59 Å². The third-order valence-electron chi connectivity index (χ3n) is 6.20. The summed E-state index contributed by atoms with van der Waals surface area (Å²) < 4.78 is 5.40. The fourth-order valence-electron chi connectivity index (χ4n) is 4.30. The fourth-order valence-corrected chi connectivity index (χ4v) is 4.30. The van der Waals surface area contributed by atoms with Crippen molar-refractivity contribution in [3.05, 3.63) is 59.7 Å². The van der Waals surface area contributed by atoms with Crippen LogP contribution in [0.15, 0.2) is 48.5 Å². The van der Waals surface area contributed by atoms with Crippen molar-refractivity contribution in [1.29, 1.82) is 0 Å². The van der Waals surface area contributed by atoms with Gasteiger partial charge in [0.2, 0.25) is 5.91 Å². The number of fused-ring (bicyclic) bond motifs is 1. The molecule has 0 radical (unpaired) electrons. The zero-order valence-corrected chi connectivity index (χ0v) is 18.4. The number of carbonyl (C=O) groups is 3. The summed E-state index contributed by atoms with van der Waals surface area (Å²) in [4.78, 5) is 40.9. The number of ketones is 1. The summed E-state index contributed by atoms with van der Waals surface area (Å²) in [6.07, 6.45) is 2.60. The van der Waals surface area contributed by atoms with Crippen LogP contribution < -0.4 is 15.0 Å². The summed E-state index contributed by atoms with van der Waals surface area (Å²) in [5.74, 6) is 0.156. The van der Waals surface area contributed by atoms with Crippen LogP contribution in [-0.4, -0.2) is 55.8 Å². The summed E-state index contributed by atoms with van der Waals surface area (Å²) in [7, 11) is 1.66. The van der Waals surface area contributed by atoms with Crippen molar-refractivity contribution >= 4 is 23.3 Å². The van der Waals surface area contributed by atoms with Crippen LogP contribution in [0.25, 0.3) is 0 Å². The average molecular weight is 436 g/mol. The third-order valence-corrected chi connectivity index (χ3v) is 6.20. The van der Waals surface area contributed by atoms with Gasteiger partial charge in [-0.1, -0.05) is 30.3 Å². The molecule has 168 valence electrons. The van der Waals surface area contributed by atoms with Gasteiger partial charge in [-0.15, -0.1) is 0 Å². The molecule has 1 saturated heterocycles. The van der Waals surface area contributed by atoms with E-state index in [2.05, 4.69) is 22.3 Å². The number of likely N-dealkylation sites (N-methyl/N-ethyl adjacent to an activating group) is 1. The minimum Gasteiger partial charge on any atom is -0.482 e. The Bertz CT molecular complexity index is 986. The number of amides is 2. The fraction of sp³-hybridized carbons (Fsp3) is 0.400. The lowest BCUT2D eigenvalue weighted by molar-refractivity contribution is -0.121. The van der Waals surface area contributed by atoms with Crippen molar-refractivity contribution in [2.24, 2.45) is 0 Å². The van der Waals surface area contributed by atoms with Crippen molar-refractivity contribution in [2.75, 3.05) is 38.2 Å². The van der Waals surface area contributed by atoms with Crippen molar-refractivity contribution in [3.63, 3.8) is 0 Å². The summed E-state index contributed by atoms with van der Waals surface area (Å²) in [6.45, 7) is 2.60. The van der Waals surface area contributed by atoms with Gasteiger partial charge in [0, 0.05) is 32.0 Å². The molecule has 0 aromatic heterocycles. The lowest BCUT2D eigenvalue weighted by Crippen LogP contribution is -2.36. The molecule has 1 atom stereocenters. The first-order valence-electron chi connectivity index (χ1n) is 11.2. The number of anilines is 1. The average Bonchev–Trinajstić information content (AvgIpc) is 3.35. The minimum atomic E-state index is -0.160. The van der Waals surface area contributed by atoms with E-state index in [0.717, 1.165) is 13.1 Å². The molecule has 2 heterocycles. The second-order valence-electron chi connectivity index (χ2n) is 8.32. The Morgan fingerprint density at radius 2 is 1.81 bits per heavy atom. The maximum absolute atomic E-state index is 12.7. The van der Waals surface area contributed by atoms with Crippen LogP contribution in [0.4, 0.5) is 5.69 Å². The monoisotopic (exact) mass is 435 g/mol. The zero-order chi connectivity index (χ0) is 22.5. The molecule has 0 saturated carbocycles. The Morgan fingerprint density at radius 1 is 1.06 bits per heavy atom. The molecular formula is C25H29N3O4. The molecule has 1 unspecified atom stereocenters. The highest BCUT2D eigenvalue weighted by atomic mass is 16.5. The van der Waals surface area contributed by atoms with E-state index in [0.29, 0.717) is 23.5 Å². The van der Waals surface area contributed by atoms with Crippen LogP contribution >= 0.6 is 0 Å². The van der Waals surface area contributed by atoms with E-state index < -0.39 is 0 Å². The number of ether oxygens (including phenoxy) is 1. The van der Waals surface area contributed by atoms with Crippen LogP contribution in [0.3, 0.4) is 0 Å². The second-order valence-corrected chi connectivity index (χ2v) is 8.32. The van der Waals surface area contributed by atoms with Crippen molar-refractivity contribution in [3.8, 4) is 5.75 Å². The first kappa shape index (κ1) is 22.0. The number of nitrogens with zero attached hydrogens (tertiary/aromatic N) is 2. The van der Waals surface area contributed by atoms with Gasteiger partial charge < -0.3 is 15.0 Å². The Morgan fingerprint density at radius 3 is 2.56 bits per heavy atom. The molecule has 0 aliphatic carbocycles. The summed E-state index contributed by atoms with van der Waals surface area (Å²) in [5.41, 5.74) is 2.24. The predicted octanol–water partition coefficient (Wildman–Crippen LogP) is 2.96. The van der Waals surface area contributed by atoms with Gasteiger partial charge in [0.05, 0.1) is 11.7 Å². The SMILES string of the molecule is CN1C(=O)COc2ccc(C(=O)CCC(=O)NCC(c3ccccc3)N3CCCC3)cc21. The number of nitrogens with one attached hydrogen (secondary N) is 1. The molecule has 7 heteroatoms. The molecule has 2 aliphatic heterocycles. The molecule has 2 amide bonds. The van der Waals surface area contributed by atoms with E-state index in [1.54, 1.807) is 25.2 Å². The molecule has 2 aromatic carbocycles. The highest BCUT2D eigenvalue weighted by molar-refractivity contribution is 6.02. The van der Waals surface area contributed by atoms with Crippen LogP contribution in [0.2, 0.25) is 0 Å². The summed E-state index contributed by atoms with van der Waals surface area (Å²) in [6, 6.07) is 15.4. The molecule has 0 spiro atoms. The van der Waals surface area contributed by atoms with Gasteiger partial charge in [-0.3, -0.25) is 19.3 Å². The predicted molar refractivity (Wildman–Crippen MR) is 122 cm³/mol. The molecule has 32 heavy (non-hydrogen) atoms. The molecule has 4 rings (SSSR count). The van der Waals surface area contributed by atoms with Crippen molar-refractivity contribution in [2.45, 2.75) is 31.7 Å². The minimum absolute atomic E-state index is 0.00162. The molecule has 7 nitrogen and oxygen atoms in total. The molecule has 1 N–H and O–H groups in total. The van der Waals surface area contributed by atoms with E-state index in [-0.39, 0.29) is 43.1 Å². The molecule has 1 fully saturated rings. The number of Topliss-reactive ketones (excluding diaryl/α,β-unsaturated/α-hetero) is 1. The Kier molecular flexibility index (Phi) is 6.85. The topological polar surface area (TPSA) is 78.9 Å². The lowest BCUT2D eigenvalue weighted by Gasteiger charge is -2.28. The highest BCUT2D eigenvalue weighted by Gasteiger charge is 2.25. The van der Waals surface area contributed by atoms with Crippen molar-refractivity contribution < 1.29 is 19.1 Å². The second kappa shape index (κ2) is 9.96. The summed E-state index contributed by atoms with van der Waals surface area (Å²) in [5, 5.41) is 3.02. The number of benzene rings is 2. The number of hydrogen-bond acceptors (Lipinski definition) is 5. The Balaban J connectivity index is 1.32. The maximum atomic E-state index is 12.7. The Hall–Kier alpha value is -3.19. The maximum Gasteiger partial charge on any atom is 0.264 e. The van der Waals surface area contributed by atoms with Gasteiger partial charge in [0.15, 0.2) is 12.4 Å². The highest BCUT2D eigenvalue weighted by Crippen LogP contribution is 2.32. The number of rotatable bonds is 8. The van der Waals surface area contributed by atoms with Gasteiger partial charge >= 0.3 is 0 Å². The quantitative estimate of drug-likeness (QED) is 0.645. The Labute approximate surface area is 188 Å². The van der Waals surface area contributed by atoms with E-state index in [1.165, 1.54) is 23.3 Å². The number of likely N-dealkylation sites (tertiary alicyclic amines) is 1. The van der Waals surface area contributed by atoms with Gasteiger partial charge in [0.25, 0.3) is 5.91 Å². The van der Waals surface area contributed by atoms with E-state index in [9.17, 15) is 14.4 Å². The largest absolute Gasteiger partial charge is 0.482 e. The summed E-state index contributed by atoms with van der Waals surface area (Å²) >= 11 is 0. The van der Waals surface area contributed by atoms with E-state index >= 15 is 0 Å². The number of carbonyl (C=O) groups excluding carboxylic acids is 3. The standard InChI is InChI=1S/C25H29N3O4/c1-27-20-15-19(9-11-23(20)32-17-25(27)31)22(29)10-12-24(30)26-16-21(28-13-5-6-14-28)18-7-3-2-4-8-18/h2-4,7-9,11,15,21H,5-6,10,12-14,16-17H2,1H3,(H,26,30). The van der Waals surface area contributed by atoms with E-state index in [4.69, 9.17) is 4.74 Å². The lowest BCUT2D eigenvalue weighted by atomic mass is 10.0. The van der Waals surface area contributed by atoms with Gasteiger partial charge in [-0.05, 0) is 49.7 Å². The first-order chi connectivity index (χ1) is 15.5. The number of hydrogen-bond donors (Lipinski definition) is 1.